The molecule has 1 aliphatic carbocycles. The maximum atomic E-state index is 11.8. The molecule has 0 unspecified atom stereocenters. The normalized spacial score (nSPS) is 23.5. The minimum absolute atomic E-state index is 0.519. The van der Waals surface area contributed by atoms with Crippen molar-refractivity contribution in [3.8, 4) is 0 Å². The van der Waals surface area contributed by atoms with Crippen LogP contribution in [0.25, 0.3) is 0 Å². The predicted octanol–water partition coefficient (Wildman–Crippen LogP) is 7.37. The summed E-state index contributed by atoms with van der Waals surface area (Å²) < 4.78 is 0. The third-order valence-corrected chi connectivity index (χ3v) is 5.16. The molecule has 1 saturated carbocycles. The lowest BCUT2D eigenvalue weighted by molar-refractivity contribution is -0.119. The van der Waals surface area contributed by atoms with E-state index >= 15 is 0 Å². The Labute approximate surface area is 139 Å². The van der Waals surface area contributed by atoms with Gasteiger partial charge in [0.15, 0.2) is 0 Å². The largest absolute Gasteiger partial charge is 0.300 e. The smallest absolute Gasteiger partial charge is 0.132 e. The van der Waals surface area contributed by atoms with Crippen molar-refractivity contribution in [3.05, 3.63) is 0 Å². The van der Waals surface area contributed by atoms with Crippen molar-refractivity contribution in [3.63, 3.8) is 0 Å². The van der Waals surface area contributed by atoms with E-state index in [9.17, 15) is 4.79 Å². The Balaban J connectivity index is 2.09. The molecule has 0 aromatic heterocycles. The molecule has 1 nitrogen and oxygen atoms in total. The van der Waals surface area contributed by atoms with Crippen molar-refractivity contribution in [2.75, 3.05) is 0 Å². The van der Waals surface area contributed by atoms with Crippen LogP contribution in [0.3, 0.4) is 0 Å². The predicted molar refractivity (Wildman–Crippen MR) is 97.3 cm³/mol. The van der Waals surface area contributed by atoms with Gasteiger partial charge in [0, 0.05) is 12.8 Å². The minimum Gasteiger partial charge on any atom is -0.300 e. The molecule has 0 aliphatic heterocycles. The van der Waals surface area contributed by atoms with Gasteiger partial charge in [-0.3, -0.25) is 4.79 Å². The van der Waals surface area contributed by atoms with Crippen LogP contribution in [-0.4, -0.2) is 5.78 Å². The monoisotopic (exact) mass is 308 g/mol. The molecule has 0 bridgehead atoms. The fourth-order valence-electron chi connectivity index (χ4n) is 3.60. The van der Waals surface area contributed by atoms with Gasteiger partial charge in [0.05, 0.1) is 0 Å². The number of hydrogen-bond acceptors (Lipinski definition) is 1. The van der Waals surface area contributed by atoms with Crippen molar-refractivity contribution in [2.45, 2.75) is 128 Å². The molecular formula is C21H40O. The number of rotatable bonds is 0. The molecular weight excluding hydrogens is 268 g/mol. The zero-order valence-electron chi connectivity index (χ0n) is 15.1. The van der Waals surface area contributed by atoms with Gasteiger partial charge in [0.25, 0.3) is 0 Å². The molecule has 1 heteroatoms. The first kappa shape index (κ1) is 19.7. The highest BCUT2D eigenvalue weighted by Gasteiger charge is 2.02. The van der Waals surface area contributed by atoms with E-state index in [2.05, 4.69) is 0 Å². The third-order valence-electron chi connectivity index (χ3n) is 5.16. The average molecular weight is 309 g/mol. The number of carbonyl (C=O) groups is 1. The second-order valence-electron chi connectivity index (χ2n) is 7.40. The molecule has 22 heavy (non-hydrogen) atoms. The molecule has 0 spiro atoms. The summed E-state index contributed by atoms with van der Waals surface area (Å²) in [6.07, 6.45) is 26.3. The molecule has 1 rings (SSSR count). The fraction of sp³-hybridized carbons (Fsp3) is 0.952. The number of hydrogen-bond donors (Lipinski definition) is 0. The third kappa shape index (κ3) is 13.3. The highest BCUT2D eigenvalue weighted by molar-refractivity contribution is 5.78. The van der Waals surface area contributed by atoms with Crippen LogP contribution in [-0.2, 0) is 4.79 Å². The molecule has 130 valence electrons. The summed E-state index contributed by atoms with van der Waals surface area (Å²) >= 11 is 0. The highest BCUT2D eigenvalue weighted by Crippen LogP contribution is 2.16. The number of carbonyl (C=O) groups excluding carboxylic acids is 1. The van der Waals surface area contributed by atoms with Crippen LogP contribution in [0.15, 0.2) is 0 Å². The Morgan fingerprint density at radius 3 is 0.727 bits per heavy atom. The molecule has 0 N–H and O–H groups in total. The SMILES string of the molecule is O=C1CCCCCCCCCCCCCCCCCCCC1. The van der Waals surface area contributed by atoms with Crippen molar-refractivity contribution in [2.24, 2.45) is 0 Å². The Bertz CT molecular complexity index is 222. The van der Waals surface area contributed by atoms with E-state index in [1.807, 2.05) is 0 Å². The summed E-state index contributed by atoms with van der Waals surface area (Å²) in [5, 5.41) is 0. The van der Waals surface area contributed by atoms with Crippen molar-refractivity contribution < 1.29 is 4.79 Å². The van der Waals surface area contributed by atoms with Gasteiger partial charge < -0.3 is 0 Å². The van der Waals surface area contributed by atoms with Gasteiger partial charge in [-0.2, -0.15) is 0 Å². The lowest BCUT2D eigenvalue weighted by Crippen LogP contribution is -1.97. The van der Waals surface area contributed by atoms with Crippen LogP contribution in [0.2, 0.25) is 0 Å². The number of Topliss-reactive ketones (excluding diaryl/α,β-unsaturated/α-hetero) is 1. The quantitative estimate of drug-likeness (QED) is 0.456. The summed E-state index contributed by atoms with van der Waals surface area (Å²) in [5.74, 6) is 0.519. The molecule has 1 fully saturated rings. The molecule has 0 saturated heterocycles. The molecule has 0 aromatic carbocycles. The van der Waals surface area contributed by atoms with E-state index in [0.29, 0.717) is 5.78 Å². The van der Waals surface area contributed by atoms with Crippen LogP contribution in [0.5, 0.6) is 0 Å². The van der Waals surface area contributed by atoms with Crippen molar-refractivity contribution in [1.29, 1.82) is 0 Å². The second-order valence-corrected chi connectivity index (χ2v) is 7.40. The average Bonchev–Trinajstić information content (AvgIpc) is 2.52. The standard InChI is InChI=1S/C21H40O/c22-21-19-17-15-13-11-9-7-5-3-1-2-4-6-8-10-12-14-16-18-20-21/h1-20H2. The minimum atomic E-state index is 0.519. The van der Waals surface area contributed by atoms with Crippen LogP contribution < -0.4 is 0 Å². The fourth-order valence-corrected chi connectivity index (χ4v) is 3.60. The van der Waals surface area contributed by atoms with Crippen LogP contribution in [0, 0.1) is 0 Å². The Morgan fingerprint density at radius 2 is 0.500 bits per heavy atom. The van der Waals surface area contributed by atoms with Crippen LogP contribution in [0.1, 0.15) is 128 Å². The summed E-state index contributed by atoms with van der Waals surface area (Å²) in [5.41, 5.74) is 0. The molecule has 0 heterocycles. The summed E-state index contributed by atoms with van der Waals surface area (Å²) in [7, 11) is 0. The molecule has 0 atom stereocenters. The van der Waals surface area contributed by atoms with Crippen molar-refractivity contribution >= 4 is 5.78 Å². The van der Waals surface area contributed by atoms with Gasteiger partial charge in [-0.15, -0.1) is 0 Å². The first-order chi connectivity index (χ1) is 10.9. The lowest BCUT2D eigenvalue weighted by Gasteiger charge is -2.03. The molecule has 0 amide bonds. The van der Waals surface area contributed by atoms with Crippen LogP contribution in [0.4, 0.5) is 0 Å². The molecule has 0 aromatic rings. The van der Waals surface area contributed by atoms with Gasteiger partial charge in [0.2, 0.25) is 0 Å². The van der Waals surface area contributed by atoms with E-state index in [4.69, 9.17) is 0 Å². The maximum Gasteiger partial charge on any atom is 0.132 e. The molecule has 1 aliphatic rings. The zero-order chi connectivity index (χ0) is 15.7. The Morgan fingerprint density at radius 1 is 0.318 bits per heavy atom. The van der Waals surface area contributed by atoms with E-state index in [1.54, 1.807) is 0 Å². The first-order valence-corrected chi connectivity index (χ1v) is 10.4. The van der Waals surface area contributed by atoms with Gasteiger partial charge in [0.1, 0.15) is 5.78 Å². The Hall–Kier alpha value is -0.330. The molecule has 0 radical (unpaired) electrons. The van der Waals surface area contributed by atoms with E-state index < -0.39 is 0 Å². The van der Waals surface area contributed by atoms with Crippen molar-refractivity contribution in [1.82, 2.24) is 0 Å². The number of ketones is 1. The van der Waals surface area contributed by atoms with Crippen LogP contribution >= 0.6 is 0 Å². The summed E-state index contributed by atoms with van der Waals surface area (Å²) in [6, 6.07) is 0. The van der Waals surface area contributed by atoms with Gasteiger partial charge in [-0.05, 0) is 12.8 Å². The van der Waals surface area contributed by atoms with Gasteiger partial charge >= 0.3 is 0 Å². The van der Waals surface area contributed by atoms with E-state index in [1.165, 1.54) is 103 Å². The van der Waals surface area contributed by atoms with E-state index in [-0.39, 0.29) is 0 Å². The first-order valence-electron chi connectivity index (χ1n) is 10.4. The maximum absolute atomic E-state index is 11.8. The van der Waals surface area contributed by atoms with Gasteiger partial charge in [-0.1, -0.05) is 103 Å². The summed E-state index contributed by atoms with van der Waals surface area (Å²) in [4.78, 5) is 11.8. The zero-order valence-corrected chi connectivity index (χ0v) is 15.1. The Kier molecular flexibility index (Phi) is 13.9. The second kappa shape index (κ2) is 15.6. The van der Waals surface area contributed by atoms with E-state index in [0.717, 1.165) is 25.7 Å². The van der Waals surface area contributed by atoms with Gasteiger partial charge in [-0.25, -0.2) is 0 Å². The summed E-state index contributed by atoms with van der Waals surface area (Å²) in [6.45, 7) is 0. The lowest BCUT2D eigenvalue weighted by atomic mass is 10.0. The highest BCUT2D eigenvalue weighted by atomic mass is 16.1. The topological polar surface area (TPSA) is 17.1 Å².